The van der Waals surface area contributed by atoms with E-state index in [0.29, 0.717) is 0 Å². The summed E-state index contributed by atoms with van der Waals surface area (Å²) in [6, 6.07) is 92.2. The fourth-order valence-corrected chi connectivity index (χ4v) is 10.8. The molecule has 322 valence electrons. The average molecular weight is 879 g/mol. The molecule has 4 heteroatoms. The van der Waals surface area contributed by atoms with E-state index in [1.165, 1.54) is 76.5 Å². The van der Waals surface area contributed by atoms with Gasteiger partial charge in [0.05, 0.1) is 44.5 Å². The minimum atomic E-state index is 0.959. The first kappa shape index (κ1) is 39.0. The van der Waals surface area contributed by atoms with Crippen LogP contribution in [0.2, 0.25) is 0 Å². The third kappa shape index (κ3) is 6.34. The minimum absolute atomic E-state index is 0.959. The summed E-state index contributed by atoms with van der Waals surface area (Å²) in [6.07, 6.45) is 0. The lowest BCUT2D eigenvalue weighted by Gasteiger charge is -2.12. The molecule has 14 rings (SSSR count). The molecule has 0 fully saturated rings. The van der Waals surface area contributed by atoms with E-state index in [4.69, 9.17) is 4.98 Å². The summed E-state index contributed by atoms with van der Waals surface area (Å²) in [5, 5.41) is 7.41. The molecule has 4 heterocycles. The van der Waals surface area contributed by atoms with Crippen LogP contribution in [-0.4, -0.2) is 18.7 Å². The van der Waals surface area contributed by atoms with E-state index in [-0.39, 0.29) is 0 Å². The Labute approximate surface area is 398 Å². The van der Waals surface area contributed by atoms with Crippen molar-refractivity contribution in [1.82, 2.24) is 18.7 Å². The van der Waals surface area contributed by atoms with Gasteiger partial charge in [-0.15, -0.1) is 0 Å². The Kier molecular flexibility index (Phi) is 8.86. The van der Waals surface area contributed by atoms with E-state index >= 15 is 0 Å². The van der Waals surface area contributed by atoms with E-state index in [2.05, 4.69) is 256 Å². The Hall–Kier alpha value is -9.25. The summed E-state index contributed by atoms with van der Waals surface area (Å²) < 4.78 is 7.22. The molecule has 14 aromatic rings. The second-order valence-electron chi connectivity index (χ2n) is 18.0. The predicted octanol–water partition coefficient (Wildman–Crippen LogP) is 17.0. The van der Waals surface area contributed by atoms with Crippen LogP contribution in [0.25, 0.3) is 127 Å². The van der Waals surface area contributed by atoms with Gasteiger partial charge in [0.2, 0.25) is 0 Å². The molecule has 0 aliphatic carbocycles. The van der Waals surface area contributed by atoms with Crippen LogP contribution in [0.5, 0.6) is 0 Å². The van der Waals surface area contributed by atoms with Gasteiger partial charge in [-0.2, -0.15) is 0 Å². The summed E-state index contributed by atoms with van der Waals surface area (Å²) in [5.74, 6) is 0. The van der Waals surface area contributed by atoms with Crippen LogP contribution in [-0.2, 0) is 0 Å². The van der Waals surface area contributed by atoms with Gasteiger partial charge in [-0.1, -0.05) is 158 Å². The number of nitrogens with zero attached hydrogens (tertiary/aromatic N) is 4. The fraction of sp³-hybridized carbons (Fsp3) is 0. The molecule has 4 nitrogen and oxygen atoms in total. The number of hydrogen-bond acceptors (Lipinski definition) is 1. The third-order valence-corrected chi connectivity index (χ3v) is 14.0. The molecular weight excluding hydrogens is 837 g/mol. The van der Waals surface area contributed by atoms with Crippen molar-refractivity contribution < 1.29 is 0 Å². The maximum Gasteiger partial charge on any atom is 0.0715 e. The smallest absolute Gasteiger partial charge is 0.0715 e. The summed E-state index contributed by atoms with van der Waals surface area (Å²) in [4.78, 5) is 5.12. The van der Waals surface area contributed by atoms with Crippen molar-refractivity contribution in [3.8, 4) is 61.8 Å². The third-order valence-electron chi connectivity index (χ3n) is 14.0. The minimum Gasteiger partial charge on any atom is -0.309 e. The molecular formula is C65H42N4. The number of pyridine rings is 1. The highest BCUT2D eigenvalue weighted by Crippen LogP contribution is 2.41. The number of para-hydroxylation sites is 4. The Bertz CT molecular complexity index is 4220. The summed E-state index contributed by atoms with van der Waals surface area (Å²) in [7, 11) is 0. The first-order valence-corrected chi connectivity index (χ1v) is 23.6. The molecule has 0 unspecified atom stereocenters. The number of benzene rings is 10. The fourth-order valence-electron chi connectivity index (χ4n) is 10.8. The molecule has 0 radical (unpaired) electrons. The van der Waals surface area contributed by atoms with E-state index in [1.54, 1.807) is 0 Å². The SMILES string of the molecule is c1ccc(-c2cc(-c3ccc(-n4c5ccccc5c5cc(-c6ccc7c(c6)c6ccccc6n7-c6ccc7c(c6)c6ccccc6n7-c6ccccc6)ccc54)cc3)cc(-c3ccccc3)n2)cc1. The summed E-state index contributed by atoms with van der Waals surface area (Å²) in [6.45, 7) is 0. The lowest BCUT2D eigenvalue weighted by atomic mass is 9.99. The van der Waals surface area contributed by atoms with Gasteiger partial charge in [-0.25, -0.2) is 4.98 Å². The maximum atomic E-state index is 5.12. The normalized spacial score (nSPS) is 11.8. The highest BCUT2D eigenvalue weighted by atomic mass is 15.0. The van der Waals surface area contributed by atoms with Gasteiger partial charge in [0, 0.05) is 60.5 Å². The Morgan fingerprint density at radius 1 is 0.203 bits per heavy atom. The second-order valence-corrected chi connectivity index (χ2v) is 18.0. The van der Waals surface area contributed by atoms with Crippen molar-refractivity contribution in [2.45, 2.75) is 0 Å². The molecule has 69 heavy (non-hydrogen) atoms. The van der Waals surface area contributed by atoms with Crippen molar-refractivity contribution >= 4 is 65.4 Å². The van der Waals surface area contributed by atoms with Gasteiger partial charge in [-0.3, -0.25) is 0 Å². The van der Waals surface area contributed by atoms with Gasteiger partial charge in [0.15, 0.2) is 0 Å². The first-order valence-electron chi connectivity index (χ1n) is 23.6. The van der Waals surface area contributed by atoms with Crippen molar-refractivity contribution in [3.63, 3.8) is 0 Å². The molecule has 0 aliphatic rings. The molecule has 0 atom stereocenters. The Balaban J connectivity index is 0.858. The summed E-state index contributed by atoms with van der Waals surface area (Å²) in [5.41, 5.74) is 19.3. The highest BCUT2D eigenvalue weighted by Gasteiger charge is 2.19. The van der Waals surface area contributed by atoms with E-state index in [9.17, 15) is 0 Å². The average Bonchev–Trinajstić information content (AvgIpc) is 4.06. The molecule has 0 bridgehead atoms. The molecule has 0 saturated carbocycles. The van der Waals surface area contributed by atoms with Crippen LogP contribution in [0.4, 0.5) is 0 Å². The van der Waals surface area contributed by atoms with Crippen molar-refractivity contribution in [2.24, 2.45) is 0 Å². The van der Waals surface area contributed by atoms with Gasteiger partial charge in [0.1, 0.15) is 0 Å². The first-order chi connectivity index (χ1) is 34.2. The van der Waals surface area contributed by atoms with Crippen LogP contribution in [0.1, 0.15) is 0 Å². The lowest BCUT2D eigenvalue weighted by Crippen LogP contribution is -1.95. The molecule has 0 aliphatic heterocycles. The molecule has 10 aromatic carbocycles. The zero-order valence-corrected chi connectivity index (χ0v) is 37.5. The van der Waals surface area contributed by atoms with Crippen molar-refractivity contribution in [2.75, 3.05) is 0 Å². The zero-order valence-electron chi connectivity index (χ0n) is 37.5. The topological polar surface area (TPSA) is 27.7 Å². The van der Waals surface area contributed by atoms with Crippen LogP contribution < -0.4 is 0 Å². The van der Waals surface area contributed by atoms with Crippen molar-refractivity contribution in [3.05, 3.63) is 255 Å². The zero-order chi connectivity index (χ0) is 45.4. The van der Waals surface area contributed by atoms with Crippen LogP contribution in [0, 0.1) is 0 Å². The van der Waals surface area contributed by atoms with E-state index in [1.807, 2.05) is 12.1 Å². The van der Waals surface area contributed by atoms with E-state index in [0.717, 1.165) is 50.7 Å². The predicted molar refractivity (Wildman–Crippen MR) is 289 cm³/mol. The number of hydrogen-bond donors (Lipinski definition) is 0. The van der Waals surface area contributed by atoms with Gasteiger partial charge in [0.25, 0.3) is 0 Å². The number of aromatic nitrogens is 4. The number of fused-ring (bicyclic) bond motifs is 9. The standard InChI is InChI=1S/C65H42N4/c1-4-16-44(17-5-1)58-40-48(41-59(66-58)45-18-6-2-7-19-45)43-28-32-50(33-29-43)68-60-25-13-10-22-52(60)55-38-46(30-35-63(55)68)47-31-36-64-56(39-47)53-23-11-15-27-62(53)69(64)51-34-37-65-57(42-51)54-24-12-14-26-61(54)67(65)49-20-8-3-9-21-49/h1-42H. The van der Waals surface area contributed by atoms with Gasteiger partial charge >= 0.3 is 0 Å². The van der Waals surface area contributed by atoms with Crippen LogP contribution in [0.3, 0.4) is 0 Å². The summed E-state index contributed by atoms with van der Waals surface area (Å²) >= 11 is 0. The molecule has 4 aromatic heterocycles. The Morgan fingerprint density at radius 3 is 1.04 bits per heavy atom. The Morgan fingerprint density at radius 2 is 0.551 bits per heavy atom. The molecule has 0 amide bonds. The highest BCUT2D eigenvalue weighted by molar-refractivity contribution is 6.14. The maximum absolute atomic E-state index is 5.12. The lowest BCUT2D eigenvalue weighted by molar-refractivity contribution is 1.17. The number of rotatable bonds is 7. The molecule has 0 spiro atoms. The van der Waals surface area contributed by atoms with E-state index < -0.39 is 0 Å². The van der Waals surface area contributed by atoms with Gasteiger partial charge < -0.3 is 13.7 Å². The van der Waals surface area contributed by atoms with Crippen LogP contribution >= 0.6 is 0 Å². The second kappa shape index (κ2) is 15.7. The quantitative estimate of drug-likeness (QED) is 0.157. The largest absolute Gasteiger partial charge is 0.309 e. The van der Waals surface area contributed by atoms with Crippen molar-refractivity contribution in [1.29, 1.82) is 0 Å². The molecule has 0 N–H and O–H groups in total. The molecule has 0 saturated heterocycles. The van der Waals surface area contributed by atoms with Gasteiger partial charge in [-0.05, 0) is 119 Å². The van der Waals surface area contributed by atoms with Crippen LogP contribution in [0.15, 0.2) is 255 Å². The monoisotopic (exact) mass is 878 g/mol.